The first-order valence-electron chi connectivity index (χ1n) is 2.94. The molecular weight excluding hydrogens is 190 g/mol. The van der Waals surface area contributed by atoms with Crippen molar-refractivity contribution in [2.24, 2.45) is 5.73 Å². The van der Waals surface area contributed by atoms with Crippen molar-refractivity contribution in [2.45, 2.75) is 0 Å². The van der Waals surface area contributed by atoms with E-state index >= 15 is 0 Å². The van der Waals surface area contributed by atoms with Crippen molar-refractivity contribution in [3.8, 4) is 0 Å². The minimum atomic E-state index is -4.51. The topological polar surface area (TPSA) is 92.5 Å². The molecule has 0 unspecified atom stereocenters. The predicted molar refractivity (Wildman–Crippen MR) is 43.1 cm³/mol. The van der Waals surface area contributed by atoms with Gasteiger partial charge in [0.25, 0.3) is 0 Å². The maximum Gasteiger partial charge on any atom is 1.00 e. The molecule has 0 bridgehead atoms. The normalized spacial score (nSPS) is 11.8. The predicted octanol–water partition coefficient (Wildman–Crippen LogP) is -0.732. The molecule has 0 aliphatic carbocycles. The second-order valence-electron chi connectivity index (χ2n) is 1.63. The van der Waals surface area contributed by atoms with Crippen LogP contribution in [0.25, 0.3) is 0 Å². The van der Waals surface area contributed by atoms with E-state index in [0.29, 0.717) is 12.3 Å². The summed E-state index contributed by atoms with van der Waals surface area (Å²) in [6, 6.07) is 0. The van der Waals surface area contributed by atoms with Crippen LogP contribution < -0.4 is 5.73 Å². The van der Waals surface area contributed by atoms with Crippen LogP contribution in [0.3, 0.4) is 0 Å². The average molecular weight is 201 g/mol. The zero-order valence-electron chi connectivity index (χ0n) is 6.86. The lowest BCUT2D eigenvalue weighted by Gasteiger charge is -2.06. The molecule has 0 aromatic rings. The van der Waals surface area contributed by atoms with Gasteiger partial charge in [-0.15, -0.1) is 0 Å². The zero-order chi connectivity index (χ0) is 8.74. The van der Waals surface area contributed by atoms with E-state index in [-0.39, 0.29) is 8.03 Å². The first-order chi connectivity index (χ1) is 5.06. The van der Waals surface area contributed by atoms with Crippen molar-refractivity contribution in [2.75, 3.05) is 24.7 Å². The van der Waals surface area contributed by atoms with Gasteiger partial charge < -0.3 is 10.3 Å². The summed E-state index contributed by atoms with van der Waals surface area (Å²) in [6.07, 6.45) is 0. The van der Waals surface area contributed by atoms with Crippen LogP contribution in [0.2, 0.25) is 0 Å². The van der Waals surface area contributed by atoms with E-state index in [1.54, 1.807) is 0 Å². The van der Waals surface area contributed by atoms with Crippen molar-refractivity contribution in [1.29, 1.82) is 0 Å². The van der Waals surface area contributed by atoms with Gasteiger partial charge in [-0.25, -0.2) is 8.42 Å². The maximum absolute atomic E-state index is 9.85. The third-order valence-electron chi connectivity index (χ3n) is 0.718. The van der Waals surface area contributed by atoms with Crippen LogP contribution in [0, 0.1) is 0 Å². The quantitative estimate of drug-likeness (QED) is 0.346. The molecule has 0 aliphatic heterocycles. The average Bonchev–Trinajstić information content (AvgIpc) is 1.85. The second-order valence-corrected chi connectivity index (χ2v) is 3.91. The lowest BCUT2D eigenvalue weighted by molar-refractivity contribution is 0.277. The summed E-state index contributed by atoms with van der Waals surface area (Å²) in [5.74, 6) is 1.21. The van der Waals surface area contributed by atoms with E-state index in [0.717, 1.165) is 5.75 Å². The highest BCUT2D eigenvalue weighted by molar-refractivity contribution is 7.99. The van der Waals surface area contributed by atoms with Crippen molar-refractivity contribution in [1.82, 2.24) is 0 Å². The molecule has 0 aliphatic rings. The van der Waals surface area contributed by atoms with Gasteiger partial charge >= 0.3 is 1.43 Å². The van der Waals surface area contributed by atoms with E-state index in [9.17, 15) is 13.0 Å². The molecule has 68 valence electrons. The van der Waals surface area contributed by atoms with Crippen LogP contribution in [0.1, 0.15) is 1.43 Å². The van der Waals surface area contributed by atoms with Gasteiger partial charge in [0.2, 0.25) is 10.4 Å². The highest BCUT2D eigenvalue weighted by Gasteiger charge is 1.93. The Balaban J connectivity index is 0. The number of hydrogen-bond acceptors (Lipinski definition) is 6. The Morgan fingerprint density at radius 1 is 1.55 bits per heavy atom. The summed E-state index contributed by atoms with van der Waals surface area (Å²) < 4.78 is 33.5. The largest absolute Gasteiger partial charge is 1.00 e. The second kappa shape index (κ2) is 5.78. The molecular formula is C4H11NO4S2. The third kappa shape index (κ3) is 10.2. The highest BCUT2D eigenvalue weighted by Crippen LogP contribution is 1.98. The molecule has 0 saturated heterocycles. The first-order valence-corrected chi connectivity index (χ1v) is 5.43. The van der Waals surface area contributed by atoms with Crippen LogP contribution in [-0.2, 0) is 14.6 Å². The maximum atomic E-state index is 9.85. The Morgan fingerprint density at radius 3 is 2.64 bits per heavy atom. The number of thioether (sulfide) groups is 1. The van der Waals surface area contributed by atoms with Gasteiger partial charge in [0.1, 0.15) is 0 Å². The van der Waals surface area contributed by atoms with Gasteiger partial charge in [-0.3, -0.25) is 4.18 Å². The van der Waals surface area contributed by atoms with E-state index < -0.39 is 10.4 Å². The molecule has 0 fully saturated rings. The minimum Gasteiger partial charge on any atom is -0.726 e. The summed E-state index contributed by atoms with van der Waals surface area (Å²) >= 11 is 1.44. The van der Waals surface area contributed by atoms with Gasteiger partial charge in [-0.05, 0) is 0 Å². The van der Waals surface area contributed by atoms with Crippen molar-refractivity contribution >= 4 is 22.2 Å². The van der Waals surface area contributed by atoms with Crippen molar-refractivity contribution in [3.63, 3.8) is 0 Å². The number of nitrogens with two attached hydrogens (primary N) is 1. The number of hydrogen-bond donors (Lipinski definition) is 1. The molecule has 5 nitrogen and oxygen atoms in total. The molecule has 0 spiro atoms. The van der Waals surface area contributed by atoms with E-state index in [1.165, 1.54) is 11.8 Å². The molecule has 0 aromatic heterocycles. The fourth-order valence-electron chi connectivity index (χ4n) is 0.380. The first kappa shape index (κ1) is 11.2. The Labute approximate surface area is 71.7 Å². The Bertz CT molecular complexity index is 183. The lowest BCUT2D eigenvalue weighted by atomic mass is 10.8. The summed E-state index contributed by atoms with van der Waals surface area (Å²) in [4.78, 5) is 0. The molecule has 0 heterocycles. The standard InChI is InChI=1S/C4H11NO4S2/c5-1-3-10-4-2-9-11(6,7)8/h1-5H2,(H,6,7,8). The summed E-state index contributed by atoms with van der Waals surface area (Å²) in [5.41, 5.74) is 5.15. The molecule has 7 heteroatoms. The molecule has 0 saturated carbocycles. The highest BCUT2D eigenvalue weighted by atomic mass is 32.3. The van der Waals surface area contributed by atoms with Crippen LogP contribution in [0.4, 0.5) is 0 Å². The van der Waals surface area contributed by atoms with Gasteiger partial charge in [-0.1, -0.05) is 0 Å². The Hall–Kier alpha value is 0.180. The van der Waals surface area contributed by atoms with Crippen LogP contribution in [0.5, 0.6) is 0 Å². The fourth-order valence-corrected chi connectivity index (χ4v) is 1.35. The van der Waals surface area contributed by atoms with Gasteiger partial charge in [0, 0.05) is 18.1 Å². The van der Waals surface area contributed by atoms with Crippen molar-refractivity contribution in [3.05, 3.63) is 0 Å². The molecule has 0 rings (SSSR count). The van der Waals surface area contributed by atoms with Crippen LogP contribution >= 0.6 is 11.8 Å². The molecule has 11 heavy (non-hydrogen) atoms. The zero-order valence-corrected chi connectivity index (χ0v) is 7.49. The molecule has 0 radical (unpaired) electrons. The monoisotopic (exact) mass is 201 g/mol. The van der Waals surface area contributed by atoms with Gasteiger partial charge in [0.05, 0.1) is 6.61 Å². The van der Waals surface area contributed by atoms with E-state index in [4.69, 9.17) is 5.73 Å². The SMILES string of the molecule is NCCSCCOS(=O)(=O)[O-].[H+]. The smallest absolute Gasteiger partial charge is 0.726 e. The Kier molecular flexibility index (Phi) is 5.88. The van der Waals surface area contributed by atoms with E-state index in [2.05, 4.69) is 4.18 Å². The van der Waals surface area contributed by atoms with Gasteiger partial charge in [0.15, 0.2) is 0 Å². The minimum absolute atomic E-state index is 0. The molecule has 2 N–H and O–H groups in total. The summed E-state index contributed by atoms with van der Waals surface area (Å²) in [5, 5.41) is 0. The van der Waals surface area contributed by atoms with Gasteiger partial charge in [-0.2, -0.15) is 11.8 Å². The number of rotatable bonds is 6. The third-order valence-corrected chi connectivity index (χ3v) is 2.15. The lowest BCUT2D eigenvalue weighted by Crippen LogP contribution is -2.08. The summed E-state index contributed by atoms with van der Waals surface area (Å²) in [6.45, 7) is 0.464. The summed E-state index contributed by atoms with van der Waals surface area (Å²) in [7, 11) is -4.51. The Morgan fingerprint density at radius 2 is 2.18 bits per heavy atom. The molecule has 0 amide bonds. The van der Waals surface area contributed by atoms with Crippen molar-refractivity contribution < 1.29 is 18.6 Å². The molecule has 0 atom stereocenters. The van der Waals surface area contributed by atoms with Crippen LogP contribution in [-0.4, -0.2) is 37.6 Å². The fraction of sp³-hybridized carbons (Fsp3) is 1.00. The molecule has 0 aromatic carbocycles. The van der Waals surface area contributed by atoms with E-state index in [1.807, 2.05) is 0 Å². The van der Waals surface area contributed by atoms with Crippen LogP contribution in [0.15, 0.2) is 0 Å².